The molecular weight excluding hydrogens is 864 g/mol. The Bertz CT molecular complexity index is 2920. The van der Waals surface area contributed by atoms with Crippen LogP contribution in [0.5, 0.6) is 0 Å². The molecule has 2 aromatic heterocycles. The molecule has 16 nitrogen and oxygen atoms in total. The highest BCUT2D eigenvalue weighted by Crippen LogP contribution is 2.47. The molecule has 0 saturated carbocycles. The Kier molecular flexibility index (Phi) is 11.9. The topological polar surface area (TPSA) is 216 Å². The average Bonchev–Trinajstić information content (AvgIpc) is 3.85. The number of pyridine rings is 2. The lowest BCUT2D eigenvalue weighted by Crippen LogP contribution is -2.54. The highest BCUT2D eigenvalue weighted by molar-refractivity contribution is 5.94. The number of hydrogen-bond donors (Lipinski definition) is 5. The van der Waals surface area contributed by atoms with Crippen LogP contribution in [0.25, 0.3) is 33.4 Å². The van der Waals surface area contributed by atoms with E-state index in [1.54, 1.807) is 33.8 Å². The van der Waals surface area contributed by atoms with Gasteiger partial charge in [0.1, 0.15) is 44.5 Å². The van der Waals surface area contributed by atoms with E-state index in [1.807, 2.05) is 48.5 Å². The van der Waals surface area contributed by atoms with Gasteiger partial charge in [0.2, 0.25) is 17.7 Å². The van der Waals surface area contributed by atoms with E-state index in [9.17, 15) is 33.9 Å². The molecule has 5 N–H and O–H groups in total. The Morgan fingerprint density at radius 2 is 1.67 bits per heavy atom. The number of aryl methyl sites for hydroxylation is 1. The summed E-state index contributed by atoms with van der Waals surface area (Å²) in [5.74, 6) is -3.49. The van der Waals surface area contributed by atoms with E-state index in [1.165, 1.54) is 17.6 Å². The number of nitrogens with zero attached hydrogens (tertiary/aromatic N) is 2. The summed E-state index contributed by atoms with van der Waals surface area (Å²) in [4.78, 5) is 84.4. The van der Waals surface area contributed by atoms with Crippen molar-refractivity contribution >= 4 is 40.7 Å². The van der Waals surface area contributed by atoms with Gasteiger partial charge in [-0.2, -0.15) is 0 Å². The number of aliphatic hydroxyl groups is 1. The van der Waals surface area contributed by atoms with Gasteiger partial charge in [-0.3, -0.25) is 19.2 Å². The molecule has 4 aliphatic rings. The van der Waals surface area contributed by atoms with Gasteiger partial charge < -0.3 is 45.2 Å². The summed E-state index contributed by atoms with van der Waals surface area (Å²) in [6.45, 7) is 7.35. The van der Waals surface area contributed by atoms with E-state index in [-0.39, 0.29) is 55.9 Å². The van der Waals surface area contributed by atoms with Crippen LogP contribution in [0.15, 0.2) is 65.5 Å². The second kappa shape index (κ2) is 17.7. The van der Waals surface area contributed by atoms with Crippen molar-refractivity contribution in [2.45, 2.75) is 96.7 Å². The first-order chi connectivity index (χ1) is 32.1. The van der Waals surface area contributed by atoms with Gasteiger partial charge in [-0.05, 0) is 84.0 Å². The number of carbonyl (C=O) groups is 5. The molecule has 4 amide bonds. The van der Waals surface area contributed by atoms with Gasteiger partial charge in [-0.15, -0.1) is 0 Å². The molecule has 3 aromatic carbocycles. The van der Waals surface area contributed by atoms with Gasteiger partial charge >= 0.3 is 12.1 Å². The molecule has 348 valence electrons. The largest absolute Gasteiger partial charge is 0.458 e. The fraction of sp³-hybridized carbons (Fsp3) is 0.380. The van der Waals surface area contributed by atoms with E-state index in [0.717, 1.165) is 27.8 Å². The third-order valence-corrected chi connectivity index (χ3v) is 13.6. The standard InChI is InChI=1S/C50H51FN6O10/c1-6-50(64)35-17-39-44-32(19-57(39)47(61)34(35)21-66-48(50)62)42-37(16-15-27-25(4)36(51)18-38(55-44)41(27)42)54-40(58)22-65-23-52-45(59)26(5)53-46(60)43(24(2)3)56-49(63)67-20-33-30-13-9-7-11-28(30)29-12-8-10-14-31(29)33/h7-14,17-18,24,26,33,37,43,64H,6,15-16,19-23H2,1-5H3,(H,52,59)(H,53,60)(H,54,58)(H,56,63)/t26-,37-,43-,50-/m0/s1. The van der Waals surface area contributed by atoms with Gasteiger partial charge in [0, 0.05) is 28.5 Å². The number of esters is 1. The Labute approximate surface area is 384 Å². The van der Waals surface area contributed by atoms with Crippen LogP contribution in [0, 0.1) is 18.7 Å². The predicted octanol–water partition coefficient (Wildman–Crippen LogP) is 4.79. The molecule has 0 unspecified atom stereocenters. The highest BCUT2D eigenvalue weighted by atomic mass is 19.1. The van der Waals surface area contributed by atoms with Crippen molar-refractivity contribution in [1.29, 1.82) is 0 Å². The zero-order chi connectivity index (χ0) is 47.5. The number of benzene rings is 3. The molecule has 0 radical (unpaired) electrons. The quantitative estimate of drug-likeness (QED) is 0.0603. The van der Waals surface area contributed by atoms with Gasteiger partial charge in [-0.25, -0.2) is 19.0 Å². The van der Waals surface area contributed by atoms with Crippen LogP contribution in [0.3, 0.4) is 0 Å². The maximum atomic E-state index is 15.3. The first-order valence-corrected chi connectivity index (χ1v) is 22.5. The molecule has 0 saturated heterocycles. The molecular formula is C50H51FN6O10. The molecule has 9 rings (SSSR count). The SMILES string of the molecule is CC[C@@]1(O)C(=O)OCc2c1cc1n(c2=O)Cc2c-1nc1cc(F)c(C)c3c1c2[C@@H](NC(=O)COCNC(=O)[C@H](C)NC(=O)[C@@H](NC(=O)OCC1c2ccccc2-c2ccccc21)C(C)C)CC3. The van der Waals surface area contributed by atoms with Gasteiger partial charge in [0.25, 0.3) is 5.56 Å². The van der Waals surface area contributed by atoms with Crippen molar-refractivity contribution in [2.24, 2.45) is 5.92 Å². The summed E-state index contributed by atoms with van der Waals surface area (Å²) in [6, 6.07) is 16.2. The molecule has 2 aliphatic heterocycles. The first kappa shape index (κ1) is 45.2. The fourth-order valence-electron chi connectivity index (χ4n) is 10.0. The number of aromatic nitrogens is 2. The summed E-state index contributed by atoms with van der Waals surface area (Å²) >= 11 is 0. The van der Waals surface area contributed by atoms with E-state index in [4.69, 9.17) is 19.2 Å². The monoisotopic (exact) mass is 914 g/mol. The smallest absolute Gasteiger partial charge is 0.407 e. The zero-order valence-corrected chi connectivity index (χ0v) is 37.7. The lowest BCUT2D eigenvalue weighted by molar-refractivity contribution is -0.172. The first-order valence-electron chi connectivity index (χ1n) is 22.5. The number of rotatable bonds is 13. The molecule has 0 fully saturated rings. The summed E-state index contributed by atoms with van der Waals surface area (Å²) < 4.78 is 33.3. The summed E-state index contributed by atoms with van der Waals surface area (Å²) in [6.07, 6.45) is 0.0355. The van der Waals surface area contributed by atoms with Crippen LogP contribution in [0.2, 0.25) is 0 Å². The third kappa shape index (κ3) is 7.88. The van der Waals surface area contributed by atoms with Crippen LogP contribution >= 0.6 is 0 Å². The molecule has 0 bridgehead atoms. The van der Waals surface area contributed by atoms with E-state index >= 15 is 4.39 Å². The maximum absolute atomic E-state index is 15.3. The number of cyclic esters (lactones) is 1. The third-order valence-electron chi connectivity index (χ3n) is 13.6. The van der Waals surface area contributed by atoms with Crippen LogP contribution in [-0.2, 0) is 58.6 Å². The number of hydrogen-bond acceptors (Lipinski definition) is 11. The van der Waals surface area contributed by atoms with Gasteiger partial charge in [-0.1, -0.05) is 69.3 Å². The van der Waals surface area contributed by atoms with Crippen molar-refractivity contribution in [3.8, 4) is 22.5 Å². The van der Waals surface area contributed by atoms with E-state index in [2.05, 4.69) is 21.3 Å². The van der Waals surface area contributed by atoms with Crippen LogP contribution in [0.1, 0.15) is 97.0 Å². The Morgan fingerprint density at radius 1 is 0.970 bits per heavy atom. The summed E-state index contributed by atoms with van der Waals surface area (Å²) in [5, 5.41) is 22.9. The number of carbonyl (C=O) groups excluding carboxylic acids is 5. The summed E-state index contributed by atoms with van der Waals surface area (Å²) in [7, 11) is 0. The number of amides is 4. The Balaban J connectivity index is 0.813. The fourth-order valence-corrected chi connectivity index (χ4v) is 10.0. The predicted molar refractivity (Wildman–Crippen MR) is 242 cm³/mol. The average molecular weight is 915 g/mol. The molecule has 67 heavy (non-hydrogen) atoms. The Hall–Kier alpha value is -6.98. The minimum Gasteiger partial charge on any atom is -0.458 e. The molecule has 17 heteroatoms. The van der Waals surface area contributed by atoms with Crippen molar-refractivity contribution in [1.82, 2.24) is 30.8 Å². The minimum absolute atomic E-state index is 0.0295. The molecule has 4 heterocycles. The van der Waals surface area contributed by atoms with Crippen molar-refractivity contribution in [3.63, 3.8) is 0 Å². The lowest BCUT2D eigenvalue weighted by Gasteiger charge is -2.31. The summed E-state index contributed by atoms with van der Waals surface area (Å²) in [5.41, 5.74) is 5.72. The number of alkyl carbamates (subject to hydrolysis) is 1. The molecule has 0 spiro atoms. The minimum atomic E-state index is -2.03. The van der Waals surface area contributed by atoms with Crippen LogP contribution in [0.4, 0.5) is 9.18 Å². The van der Waals surface area contributed by atoms with Crippen molar-refractivity contribution in [2.75, 3.05) is 19.9 Å². The molecule has 4 atom stereocenters. The lowest BCUT2D eigenvalue weighted by atomic mass is 9.81. The van der Waals surface area contributed by atoms with Crippen molar-refractivity contribution in [3.05, 3.63) is 121 Å². The second-order valence-electron chi connectivity index (χ2n) is 17.9. The maximum Gasteiger partial charge on any atom is 0.407 e. The number of ether oxygens (including phenoxy) is 3. The van der Waals surface area contributed by atoms with Crippen LogP contribution < -0.4 is 26.8 Å². The molecule has 5 aromatic rings. The van der Waals surface area contributed by atoms with Gasteiger partial charge in [0.05, 0.1) is 35.1 Å². The molecule has 2 aliphatic carbocycles. The number of nitrogens with one attached hydrogen (secondary N) is 4. The van der Waals surface area contributed by atoms with Gasteiger partial charge in [0.15, 0.2) is 5.60 Å². The Morgan fingerprint density at radius 3 is 2.36 bits per heavy atom. The zero-order valence-electron chi connectivity index (χ0n) is 37.7. The van der Waals surface area contributed by atoms with Crippen molar-refractivity contribution < 1.29 is 47.7 Å². The van der Waals surface area contributed by atoms with E-state index in [0.29, 0.717) is 51.8 Å². The van der Waals surface area contributed by atoms with E-state index < -0.39 is 71.5 Å². The number of halogens is 1. The second-order valence-corrected chi connectivity index (χ2v) is 17.9. The number of fused-ring (bicyclic) bond motifs is 8. The normalized spacial score (nSPS) is 18.4. The highest BCUT2D eigenvalue weighted by Gasteiger charge is 2.46. The van der Waals surface area contributed by atoms with Crippen LogP contribution in [-0.4, -0.2) is 76.5 Å².